The van der Waals surface area contributed by atoms with Gasteiger partial charge in [-0.3, -0.25) is 9.59 Å². The number of nitrogens with one attached hydrogen (secondary N) is 2. The van der Waals surface area contributed by atoms with Gasteiger partial charge in [-0.05, 0) is 56.0 Å². The zero-order valence-corrected chi connectivity index (χ0v) is 21.5. The Morgan fingerprint density at radius 1 is 1.09 bits per heavy atom. The largest absolute Gasteiger partial charge is 0.354 e. The van der Waals surface area contributed by atoms with Crippen molar-refractivity contribution in [3.63, 3.8) is 0 Å². The van der Waals surface area contributed by atoms with Gasteiger partial charge in [0.05, 0.1) is 4.90 Å². The summed E-state index contributed by atoms with van der Waals surface area (Å²) in [4.78, 5) is 28.2. The molecule has 1 heterocycles. The van der Waals surface area contributed by atoms with Gasteiger partial charge in [-0.2, -0.15) is 4.31 Å². The summed E-state index contributed by atoms with van der Waals surface area (Å²) in [5.41, 5.74) is 0.212. The number of nitrogens with zero attached hydrogens (tertiary/aromatic N) is 2. The lowest BCUT2D eigenvalue weighted by Gasteiger charge is -2.24. The smallest absolute Gasteiger partial charge is 0.251 e. The predicted molar refractivity (Wildman–Crippen MR) is 130 cm³/mol. The van der Waals surface area contributed by atoms with E-state index >= 15 is 0 Å². The first kappa shape index (κ1) is 27.3. The fourth-order valence-corrected chi connectivity index (χ4v) is 5.63. The van der Waals surface area contributed by atoms with E-state index < -0.39 is 22.0 Å². The Morgan fingerprint density at radius 3 is 2.30 bits per heavy atom. The van der Waals surface area contributed by atoms with E-state index in [0.29, 0.717) is 25.6 Å². The van der Waals surface area contributed by atoms with Gasteiger partial charge in [0, 0.05) is 31.7 Å². The Hall–Kier alpha value is -1.97. The van der Waals surface area contributed by atoms with Crippen molar-refractivity contribution in [1.82, 2.24) is 19.8 Å². The summed E-state index contributed by atoms with van der Waals surface area (Å²) < 4.78 is 27.0. The summed E-state index contributed by atoms with van der Waals surface area (Å²) >= 11 is 0. The maximum Gasteiger partial charge on any atom is 0.251 e. The Labute approximate surface area is 199 Å². The van der Waals surface area contributed by atoms with Gasteiger partial charge in [-0.15, -0.1) is 0 Å². The highest BCUT2D eigenvalue weighted by molar-refractivity contribution is 7.89. The SMILES string of the molecule is CCN(CC)S(=O)(=O)c1cccc(C(=O)NC(C(=O)NCC(C)CN2CCCC2)C(C)C)c1. The maximum absolute atomic E-state index is 12.9. The van der Waals surface area contributed by atoms with Crippen molar-refractivity contribution in [3.05, 3.63) is 29.8 Å². The summed E-state index contributed by atoms with van der Waals surface area (Å²) in [6.07, 6.45) is 2.47. The van der Waals surface area contributed by atoms with Crippen molar-refractivity contribution in [1.29, 1.82) is 0 Å². The average molecular weight is 481 g/mol. The van der Waals surface area contributed by atoms with Gasteiger partial charge >= 0.3 is 0 Å². The van der Waals surface area contributed by atoms with Gasteiger partial charge in [0.2, 0.25) is 15.9 Å². The molecule has 0 aliphatic carbocycles. The molecule has 1 saturated heterocycles. The third-order valence-corrected chi connectivity index (χ3v) is 8.11. The normalized spacial score (nSPS) is 16.7. The standard InChI is InChI=1S/C24H40N4O4S/c1-6-28(7-2)33(31,32)21-12-10-11-20(15-21)23(29)26-22(18(3)4)24(30)25-16-19(5)17-27-13-8-9-14-27/h10-12,15,18-19,22H,6-9,13-14,16-17H2,1-5H3,(H,25,30)(H,26,29). The fraction of sp³-hybridized carbons (Fsp3) is 0.667. The second-order valence-electron chi connectivity index (χ2n) is 9.17. The number of amides is 2. The monoisotopic (exact) mass is 480 g/mol. The van der Waals surface area contributed by atoms with E-state index in [9.17, 15) is 18.0 Å². The molecule has 0 saturated carbocycles. The highest BCUT2D eigenvalue weighted by atomic mass is 32.2. The van der Waals surface area contributed by atoms with Gasteiger partial charge in [0.15, 0.2) is 0 Å². The molecule has 2 unspecified atom stereocenters. The molecule has 2 amide bonds. The molecule has 0 spiro atoms. The summed E-state index contributed by atoms with van der Waals surface area (Å²) in [7, 11) is -3.68. The quantitative estimate of drug-likeness (QED) is 0.478. The molecule has 0 bridgehead atoms. The van der Waals surface area contributed by atoms with E-state index in [1.54, 1.807) is 26.0 Å². The number of carbonyl (C=O) groups excluding carboxylic acids is 2. The van der Waals surface area contributed by atoms with Gasteiger partial charge < -0.3 is 15.5 Å². The Balaban J connectivity index is 2.03. The zero-order valence-electron chi connectivity index (χ0n) is 20.6. The van der Waals surface area contributed by atoms with Crippen LogP contribution in [0.4, 0.5) is 0 Å². The van der Waals surface area contributed by atoms with Crippen molar-refractivity contribution in [2.75, 3.05) is 39.3 Å². The molecule has 33 heavy (non-hydrogen) atoms. The van der Waals surface area contributed by atoms with E-state index in [-0.39, 0.29) is 22.3 Å². The topological polar surface area (TPSA) is 98.8 Å². The van der Waals surface area contributed by atoms with E-state index in [0.717, 1.165) is 19.6 Å². The van der Waals surface area contributed by atoms with Crippen LogP contribution in [0.1, 0.15) is 57.8 Å². The van der Waals surface area contributed by atoms with Crippen molar-refractivity contribution in [3.8, 4) is 0 Å². The summed E-state index contributed by atoms with van der Waals surface area (Å²) in [5.74, 6) is -0.493. The highest BCUT2D eigenvalue weighted by Gasteiger charge is 2.27. The third kappa shape index (κ3) is 7.52. The summed E-state index contributed by atoms with van der Waals surface area (Å²) in [5, 5.41) is 5.77. The van der Waals surface area contributed by atoms with Crippen molar-refractivity contribution < 1.29 is 18.0 Å². The molecule has 8 nitrogen and oxygen atoms in total. The van der Waals surface area contributed by atoms with Crippen LogP contribution in [0.5, 0.6) is 0 Å². The number of likely N-dealkylation sites (tertiary alicyclic amines) is 1. The predicted octanol–water partition coefficient (Wildman–Crippen LogP) is 2.32. The van der Waals surface area contributed by atoms with E-state index in [1.165, 1.54) is 29.3 Å². The molecule has 1 aromatic carbocycles. The Morgan fingerprint density at radius 2 is 1.73 bits per heavy atom. The molecule has 1 fully saturated rings. The summed E-state index contributed by atoms with van der Waals surface area (Å²) in [6.45, 7) is 13.8. The zero-order chi connectivity index (χ0) is 24.6. The average Bonchev–Trinajstić information content (AvgIpc) is 3.29. The van der Waals surface area contributed by atoms with Crippen LogP contribution in [-0.2, 0) is 14.8 Å². The number of rotatable bonds is 12. The molecule has 1 aliphatic rings. The van der Waals surface area contributed by atoms with Crippen LogP contribution in [0.3, 0.4) is 0 Å². The second-order valence-corrected chi connectivity index (χ2v) is 11.1. The number of benzene rings is 1. The first-order valence-corrected chi connectivity index (χ1v) is 13.4. The van der Waals surface area contributed by atoms with Crippen LogP contribution in [-0.4, -0.2) is 74.7 Å². The van der Waals surface area contributed by atoms with Gasteiger partial charge in [-0.1, -0.05) is 40.7 Å². The Bertz CT molecular complexity index is 893. The minimum absolute atomic E-state index is 0.0696. The van der Waals surface area contributed by atoms with E-state index in [2.05, 4.69) is 22.5 Å². The van der Waals surface area contributed by atoms with Crippen LogP contribution in [0, 0.1) is 11.8 Å². The van der Waals surface area contributed by atoms with Crippen molar-refractivity contribution in [2.24, 2.45) is 11.8 Å². The second kappa shape index (κ2) is 12.5. The number of hydrogen-bond donors (Lipinski definition) is 2. The van der Waals surface area contributed by atoms with E-state index in [4.69, 9.17) is 0 Å². The lowest BCUT2D eigenvalue weighted by molar-refractivity contribution is -0.124. The molecule has 1 aromatic rings. The molecule has 9 heteroatoms. The minimum Gasteiger partial charge on any atom is -0.354 e. The molecule has 2 N–H and O–H groups in total. The van der Waals surface area contributed by atoms with Gasteiger partial charge in [0.1, 0.15) is 6.04 Å². The molecular formula is C24H40N4O4S. The molecule has 1 aliphatic heterocycles. The Kier molecular flexibility index (Phi) is 10.3. The molecule has 0 aromatic heterocycles. The van der Waals surface area contributed by atoms with Crippen LogP contribution in [0.15, 0.2) is 29.2 Å². The van der Waals surface area contributed by atoms with Gasteiger partial charge in [0.25, 0.3) is 5.91 Å². The number of sulfonamides is 1. The van der Waals surface area contributed by atoms with Crippen LogP contribution in [0.2, 0.25) is 0 Å². The van der Waals surface area contributed by atoms with E-state index in [1.807, 2.05) is 13.8 Å². The highest BCUT2D eigenvalue weighted by Crippen LogP contribution is 2.17. The van der Waals surface area contributed by atoms with Crippen molar-refractivity contribution in [2.45, 2.75) is 58.4 Å². The number of hydrogen-bond acceptors (Lipinski definition) is 5. The fourth-order valence-electron chi connectivity index (χ4n) is 4.13. The molecule has 0 radical (unpaired) electrons. The lowest BCUT2D eigenvalue weighted by atomic mass is 10.0. The first-order valence-electron chi connectivity index (χ1n) is 12.0. The number of carbonyl (C=O) groups is 2. The maximum atomic E-state index is 12.9. The molecular weight excluding hydrogens is 440 g/mol. The minimum atomic E-state index is -3.68. The molecule has 2 atom stereocenters. The van der Waals surface area contributed by atoms with Crippen molar-refractivity contribution >= 4 is 21.8 Å². The van der Waals surface area contributed by atoms with Crippen LogP contribution < -0.4 is 10.6 Å². The summed E-state index contributed by atoms with van der Waals surface area (Å²) in [6, 6.07) is 5.26. The van der Waals surface area contributed by atoms with Gasteiger partial charge in [-0.25, -0.2) is 8.42 Å². The lowest BCUT2D eigenvalue weighted by Crippen LogP contribution is -2.50. The molecule has 2 rings (SSSR count). The molecule has 186 valence electrons. The van der Waals surface area contributed by atoms with Crippen LogP contribution >= 0.6 is 0 Å². The van der Waals surface area contributed by atoms with Crippen LogP contribution in [0.25, 0.3) is 0 Å². The third-order valence-electron chi connectivity index (χ3n) is 6.07. The first-order chi connectivity index (χ1) is 15.6.